The van der Waals surface area contributed by atoms with Crippen LogP contribution in [0.1, 0.15) is 52.8 Å². The largest absolute Gasteiger partial charge is 0.483 e. The minimum atomic E-state index is -1.05. The summed E-state index contributed by atoms with van der Waals surface area (Å²) in [6.45, 7) is 1.67. The smallest absolute Gasteiger partial charge is 0.266 e. The lowest BCUT2D eigenvalue weighted by molar-refractivity contribution is -0.136. The second-order valence-corrected chi connectivity index (χ2v) is 8.32. The molecule has 0 radical (unpaired) electrons. The van der Waals surface area contributed by atoms with Crippen LogP contribution in [-0.2, 0) is 14.4 Å². The van der Waals surface area contributed by atoms with E-state index in [1.807, 2.05) is 0 Å². The first-order valence-electron chi connectivity index (χ1n) is 10.9. The van der Waals surface area contributed by atoms with Crippen LogP contribution in [0.15, 0.2) is 18.2 Å². The lowest BCUT2D eigenvalue weighted by Crippen LogP contribution is -2.54. The number of hydrogen-bond acceptors (Lipinski definition) is 7. The van der Waals surface area contributed by atoms with Crippen molar-refractivity contribution in [1.29, 1.82) is 0 Å². The standard InChI is InChI=1S/C22H26N4O6/c23-9-6-13-7-10-25(11-8-13)18(28)12-32-16-3-1-2-14-19(16)22(31)26(21(14)30)15-4-5-17(27)24-20(15)29/h1-3,13,15H,4-12,23H2,(H,24,27,29). The maximum Gasteiger partial charge on any atom is 0.266 e. The third-order valence-electron chi connectivity index (χ3n) is 6.32. The third-order valence-corrected chi connectivity index (χ3v) is 6.32. The molecule has 3 heterocycles. The molecular formula is C22H26N4O6. The molecule has 2 fully saturated rings. The molecule has 32 heavy (non-hydrogen) atoms. The van der Waals surface area contributed by atoms with Gasteiger partial charge in [0, 0.05) is 19.5 Å². The van der Waals surface area contributed by atoms with Crippen LogP contribution in [0, 0.1) is 5.92 Å². The van der Waals surface area contributed by atoms with Gasteiger partial charge in [-0.1, -0.05) is 6.07 Å². The number of amides is 5. The molecule has 1 aromatic rings. The number of nitrogens with two attached hydrogens (primary N) is 1. The normalized spacial score (nSPS) is 21.6. The summed E-state index contributed by atoms with van der Waals surface area (Å²) in [6.07, 6.45) is 2.87. The number of piperidine rings is 2. The number of nitrogens with zero attached hydrogens (tertiary/aromatic N) is 2. The number of ether oxygens (including phenoxy) is 1. The van der Waals surface area contributed by atoms with Crippen LogP contribution in [0.3, 0.4) is 0 Å². The Morgan fingerprint density at radius 2 is 1.84 bits per heavy atom. The number of benzene rings is 1. The Hall–Kier alpha value is -3.27. The molecule has 0 aromatic heterocycles. The molecule has 0 bridgehead atoms. The van der Waals surface area contributed by atoms with Gasteiger partial charge in [0.25, 0.3) is 17.7 Å². The van der Waals surface area contributed by atoms with E-state index in [0.29, 0.717) is 25.6 Å². The number of fused-ring (bicyclic) bond motifs is 1. The van der Waals surface area contributed by atoms with Crippen molar-refractivity contribution in [2.24, 2.45) is 11.7 Å². The fraction of sp³-hybridized carbons (Fsp3) is 0.500. The van der Waals surface area contributed by atoms with Gasteiger partial charge in [-0.3, -0.25) is 34.2 Å². The van der Waals surface area contributed by atoms with Crippen LogP contribution in [0.5, 0.6) is 5.75 Å². The monoisotopic (exact) mass is 442 g/mol. The molecule has 1 atom stereocenters. The molecule has 1 aromatic carbocycles. The quantitative estimate of drug-likeness (QED) is 0.594. The molecule has 4 rings (SSSR count). The molecule has 10 nitrogen and oxygen atoms in total. The Bertz CT molecular complexity index is 969. The lowest BCUT2D eigenvalue weighted by atomic mass is 9.94. The summed E-state index contributed by atoms with van der Waals surface area (Å²) >= 11 is 0. The van der Waals surface area contributed by atoms with Gasteiger partial charge >= 0.3 is 0 Å². The average molecular weight is 442 g/mol. The number of imide groups is 2. The Morgan fingerprint density at radius 3 is 2.53 bits per heavy atom. The zero-order valence-corrected chi connectivity index (χ0v) is 17.7. The van der Waals surface area contributed by atoms with E-state index >= 15 is 0 Å². The molecule has 0 aliphatic carbocycles. The van der Waals surface area contributed by atoms with Gasteiger partial charge < -0.3 is 15.4 Å². The highest BCUT2D eigenvalue weighted by Crippen LogP contribution is 2.33. The first kappa shape index (κ1) is 21.9. The minimum Gasteiger partial charge on any atom is -0.483 e. The molecule has 3 aliphatic rings. The van der Waals surface area contributed by atoms with Gasteiger partial charge in [0.1, 0.15) is 11.8 Å². The van der Waals surface area contributed by atoms with Crippen molar-refractivity contribution >= 4 is 29.5 Å². The van der Waals surface area contributed by atoms with Crippen LogP contribution < -0.4 is 15.8 Å². The van der Waals surface area contributed by atoms with Crippen molar-refractivity contribution in [3.8, 4) is 5.75 Å². The van der Waals surface area contributed by atoms with E-state index in [1.165, 1.54) is 12.1 Å². The van der Waals surface area contributed by atoms with Crippen LogP contribution in [0.25, 0.3) is 0 Å². The Balaban J connectivity index is 1.44. The molecule has 170 valence electrons. The number of likely N-dealkylation sites (tertiary alicyclic amines) is 1. The number of nitrogens with one attached hydrogen (secondary N) is 1. The highest BCUT2D eigenvalue weighted by Gasteiger charge is 2.46. The first-order valence-corrected chi connectivity index (χ1v) is 10.9. The van der Waals surface area contributed by atoms with E-state index in [4.69, 9.17) is 10.5 Å². The number of hydrogen-bond donors (Lipinski definition) is 2. The Morgan fingerprint density at radius 1 is 1.09 bits per heavy atom. The van der Waals surface area contributed by atoms with Crippen LogP contribution in [0.2, 0.25) is 0 Å². The van der Waals surface area contributed by atoms with Crippen molar-refractivity contribution in [1.82, 2.24) is 15.1 Å². The molecule has 2 saturated heterocycles. The molecule has 0 saturated carbocycles. The summed E-state index contributed by atoms with van der Waals surface area (Å²) in [5, 5.41) is 2.16. The molecule has 10 heteroatoms. The molecule has 1 unspecified atom stereocenters. The van der Waals surface area contributed by atoms with Crippen molar-refractivity contribution in [2.75, 3.05) is 26.2 Å². The van der Waals surface area contributed by atoms with Gasteiger partial charge in [0.05, 0.1) is 11.1 Å². The summed E-state index contributed by atoms with van der Waals surface area (Å²) in [5.74, 6) is -1.91. The fourth-order valence-corrected chi connectivity index (χ4v) is 4.54. The van der Waals surface area contributed by atoms with Crippen molar-refractivity contribution in [3.05, 3.63) is 29.3 Å². The van der Waals surface area contributed by atoms with E-state index in [1.54, 1.807) is 11.0 Å². The second kappa shape index (κ2) is 9.07. The lowest BCUT2D eigenvalue weighted by Gasteiger charge is -2.31. The van der Waals surface area contributed by atoms with Gasteiger partial charge in [-0.25, -0.2) is 0 Å². The van der Waals surface area contributed by atoms with Gasteiger partial charge in [0.15, 0.2) is 6.61 Å². The van der Waals surface area contributed by atoms with Gasteiger partial charge in [-0.05, 0) is 50.3 Å². The molecule has 3 aliphatic heterocycles. The van der Waals surface area contributed by atoms with Crippen LogP contribution in [-0.4, -0.2) is 71.6 Å². The second-order valence-electron chi connectivity index (χ2n) is 8.32. The third kappa shape index (κ3) is 4.10. The molecular weight excluding hydrogens is 416 g/mol. The predicted octanol–water partition coefficient (Wildman–Crippen LogP) is 0.0540. The molecule has 3 N–H and O–H groups in total. The topological polar surface area (TPSA) is 139 Å². The van der Waals surface area contributed by atoms with Crippen LogP contribution in [0.4, 0.5) is 0 Å². The van der Waals surface area contributed by atoms with Gasteiger partial charge in [-0.2, -0.15) is 0 Å². The summed E-state index contributed by atoms with van der Waals surface area (Å²) in [6, 6.07) is 3.53. The predicted molar refractivity (Wildman–Crippen MR) is 112 cm³/mol. The highest BCUT2D eigenvalue weighted by atomic mass is 16.5. The number of rotatable bonds is 6. The van der Waals surface area contributed by atoms with E-state index in [2.05, 4.69) is 5.32 Å². The highest BCUT2D eigenvalue weighted by molar-refractivity contribution is 6.24. The van der Waals surface area contributed by atoms with Gasteiger partial charge in [0.2, 0.25) is 11.8 Å². The molecule has 5 amide bonds. The van der Waals surface area contributed by atoms with Crippen molar-refractivity contribution in [2.45, 2.75) is 38.1 Å². The minimum absolute atomic E-state index is 0.0386. The van der Waals surface area contributed by atoms with Crippen LogP contribution >= 0.6 is 0 Å². The SMILES string of the molecule is NCCC1CCN(C(=O)COc2cccc3c2C(=O)N(C2CCC(=O)NC2=O)C3=O)CC1. The van der Waals surface area contributed by atoms with E-state index in [0.717, 1.165) is 24.2 Å². The maximum atomic E-state index is 13.1. The Kier molecular flexibility index (Phi) is 6.22. The number of carbonyl (C=O) groups excluding carboxylic acids is 5. The van der Waals surface area contributed by atoms with Gasteiger partial charge in [-0.15, -0.1) is 0 Å². The van der Waals surface area contributed by atoms with E-state index in [-0.39, 0.29) is 42.2 Å². The van der Waals surface area contributed by atoms with E-state index < -0.39 is 29.7 Å². The fourth-order valence-electron chi connectivity index (χ4n) is 4.54. The number of carbonyl (C=O) groups is 5. The zero-order valence-electron chi connectivity index (χ0n) is 17.7. The maximum absolute atomic E-state index is 13.1. The Labute approximate surface area is 185 Å². The van der Waals surface area contributed by atoms with Crippen molar-refractivity contribution < 1.29 is 28.7 Å². The summed E-state index contributed by atoms with van der Waals surface area (Å²) in [4.78, 5) is 64.7. The summed E-state index contributed by atoms with van der Waals surface area (Å²) < 4.78 is 5.67. The zero-order chi connectivity index (χ0) is 22.8. The first-order chi connectivity index (χ1) is 15.4. The van der Waals surface area contributed by atoms with Crippen molar-refractivity contribution in [3.63, 3.8) is 0 Å². The summed E-state index contributed by atoms with van der Waals surface area (Å²) in [5.41, 5.74) is 5.77. The van der Waals surface area contributed by atoms with E-state index in [9.17, 15) is 24.0 Å². The average Bonchev–Trinajstić information content (AvgIpc) is 3.04. The summed E-state index contributed by atoms with van der Waals surface area (Å²) in [7, 11) is 0. The molecule has 0 spiro atoms.